The van der Waals surface area contributed by atoms with Crippen LogP contribution in [0.3, 0.4) is 0 Å². The summed E-state index contributed by atoms with van der Waals surface area (Å²) in [5.74, 6) is 2.03. The molecule has 0 spiro atoms. The molecule has 22 heavy (non-hydrogen) atoms. The van der Waals surface area contributed by atoms with Crippen molar-refractivity contribution in [1.29, 1.82) is 0 Å². The van der Waals surface area contributed by atoms with E-state index in [2.05, 4.69) is 10.2 Å². The van der Waals surface area contributed by atoms with E-state index in [1.165, 1.54) is 25.9 Å². The number of hydrogen-bond donors (Lipinski definition) is 1. The molecule has 0 saturated carbocycles. The van der Waals surface area contributed by atoms with Gasteiger partial charge in [0.1, 0.15) is 0 Å². The molecular weight excluding hydrogens is 280 g/mol. The highest BCUT2D eigenvalue weighted by Gasteiger charge is 2.35. The van der Waals surface area contributed by atoms with Gasteiger partial charge in [-0.25, -0.2) is 0 Å². The van der Waals surface area contributed by atoms with Crippen molar-refractivity contribution < 1.29 is 14.3 Å². The molecule has 118 valence electrons. The lowest BCUT2D eigenvalue weighted by Gasteiger charge is -2.44. The van der Waals surface area contributed by atoms with E-state index in [0.717, 1.165) is 18.7 Å². The van der Waals surface area contributed by atoms with Gasteiger partial charge in [0, 0.05) is 24.6 Å². The molecule has 3 fully saturated rings. The summed E-state index contributed by atoms with van der Waals surface area (Å²) in [7, 11) is 0. The normalized spacial score (nSPS) is 32.0. The molecule has 3 saturated heterocycles. The Morgan fingerprint density at radius 1 is 1.27 bits per heavy atom. The van der Waals surface area contributed by atoms with Crippen LogP contribution in [0, 0.1) is 5.92 Å². The average molecular weight is 302 g/mol. The Hall–Kier alpha value is -1.75. The third-order valence-corrected chi connectivity index (χ3v) is 5.03. The fraction of sp³-hybridized carbons (Fsp3) is 0.588. The SMILES string of the molecule is CCC1Oc2ccc(C(=O)NC3CN4CCC3CC4)cc2O1. The molecule has 1 aromatic carbocycles. The monoisotopic (exact) mass is 302 g/mol. The zero-order chi connectivity index (χ0) is 15.1. The lowest BCUT2D eigenvalue weighted by Crippen LogP contribution is -2.57. The second-order valence-electron chi connectivity index (χ2n) is 6.45. The van der Waals surface area contributed by atoms with Crippen molar-refractivity contribution in [3.05, 3.63) is 23.8 Å². The van der Waals surface area contributed by atoms with Gasteiger partial charge in [0.25, 0.3) is 5.91 Å². The number of fused-ring (bicyclic) bond motifs is 4. The maximum atomic E-state index is 12.5. The minimum Gasteiger partial charge on any atom is -0.451 e. The smallest absolute Gasteiger partial charge is 0.251 e. The Morgan fingerprint density at radius 3 is 2.73 bits per heavy atom. The fourth-order valence-corrected chi connectivity index (χ4v) is 3.69. The van der Waals surface area contributed by atoms with Gasteiger partial charge in [0.15, 0.2) is 11.5 Å². The number of nitrogens with one attached hydrogen (secondary N) is 1. The van der Waals surface area contributed by atoms with Gasteiger partial charge in [0.05, 0.1) is 0 Å². The number of amides is 1. The highest BCUT2D eigenvalue weighted by atomic mass is 16.7. The van der Waals surface area contributed by atoms with Gasteiger partial charge in [-0.2, -0.15) is 0 Å². The van der Waals surface area contributed by atoms with Gasteiger partial charge < -0.3 is 19.7 Å². The van der Waals surface area contributed by atoms with Crippen molar-refractivity contribution >= 4 is 5.91 Å². The minimum absolute atomic E-state index is 0.00917. The first-order chi connectivity index (χ1) is 10.7. The van der Waals surface area contributed by atoms with Crippen molar-refractivity contribution in [1.82, 2.24) is 10.2 Å². The number of benzene rings is 1. The number of piperidine rings is 3. The molecular formula is C17H22N2O3. The van der Waals surface area contributed by atoms with Crippen molar-refractivity contribution in [3.63, 3.8) is 0 Å². The van der Waals surface area contributed by atoms with Gasteiger partial charge in [-0.1, -0.05) is 6.92 Å². The molecule has 4 aliphatic rings. The van der Waals surface area contributed by atoms with Gasteiger partial charge in [0.2, 0.25) is 6.29 Å². The Bertz CT molecular complexity index is 581. The zero-order valence-corrected chi connectivity index (χ0v) is 12.9. The topological polar surface area (TPSA) is 50.8 Å². The van der Waals surface area contributed by atoms with Gasteiger partial charge in [-0.15, -0.1) is 0 Å². The Morgan fingerprint density at radius 2 is 2.05 bits per heavy atom. The quantitative estimate of drug-likeness (QED) is 0.928. The number of carbonyl (C=O) groups is 1. The maximum Gasteiger partial charge on any atom is 0.251 e. The third-order valence-electron chi connectivity index (χ3n) is 5.03. The highest BCUT2D eigenvalue weighted by Crippen LogP contribution is 2.36. The van der Waals surface area contributed by atoms with Gasteiger partial charge in [-0.05, 0) is 50.0 Å². The predicted octanol–water partition coefficient (Wildman–Crippen LogP) is 2.02. The zero-order valence-electron chi connectivity index (χ0n) is 12.9. The van der Waals surface area contributed by atoms with E-state index in [1.54, 1.807) is 6.07 Å². The second-order valence-corrected chi connectivity index (χ2v) is 6.45. The van der Waals surface area contributed by atoms with Crippen LogP contribution in [-0.2, 0) is 0 Å². The van der Waals surface area contributed by atoms with Crippen LogP contribution in [0.1, 0.15) is 36.5 Å². The first kappa shape index (κ1) is 13.9. The molecule has 5 nitrogen and oxygen atoms in total. The van der Waals surface area contributed by atoms with E-state index in [9.17, 15) is 4.79 Å². The molecule has 1 N–H and O–H groups in total. The standard InChI is InChI=1S/C17H22N2O3/c1-2-16-21-14-4-3-12(9-15(14)22-16)17(20)18-13-10-19-7-5-11(13)6-8-19/h3-4,9,11,13,16H,2,5-8,10H2,1H3,(H,18,20). The Balaban J connectivity index is 1.45. The van der Waals surface area contributed by atoms with Crippen molar-refractivity contribution in [2.24, 2.45) is 5.92 Å². The molecule has 0 radical (unpaired) electrons. The molecule has 5 rings (SSSR count). The summed E-state index contributed by atoms with van der Waals surface area (Å²) in [5, 5.41) is 3.21. The van der Waals surface area contributed by atoms with Crippen LogP contribution in [0.2, 0.25) is 0 Å². The van der Waals surface area contributed by atoms with E-state index < -0.39 is 0 Å². The molecule has 2 bridgehead atoms. The average Bonchev–Trinajstić information content (AvgIpc) is 2.98. The van der Waals surface area contributed by atoms with E-state index in [0.29, 0.717) is 17.2 Å². The molecule has 0 aliphatic carbocycles. The molecule has 0 aromatic heterocycles. The second kappa shape index (κ2) is 5.47. The van der Waals surface area contributed by atoms with E-state index in [1.807, 2.05) is 19.1 Å². The number of nitrogens with zero attached hydrogens (tertiary/aromatic N) is 1. The predicted molar refractivity (Wildman–Crippen MR) is 82.2 cm³/mol. The fourth-order valence-electron chi connectivity index (χ4n) is 3.69. The summed E-state index contributed by atoms with van der Waals surface area (Å²) in [4.78, 5) is 15.0. The highest BCUT2D eigenvalue weighted by molar-refractivity contribution is 5.95. The van der Waals surface area contributed by atoms with Gasteiger partial charge in [-0.3, -0.25) is 4.79 Å². The van der Waals surface area contributed by atoms with E-state index in [4.69, 9.17) is 9.47 Å². The van der Waals surface area contributed by atoms with Crippen molar-refractivity contribution in [2.45, 2.75) is 38.5 Å². The molecule has 1 aromatic rings. The van der Waals surface area contributed by atoms with Crippen LogP contribution in [0.4, 0.5) is 0 Å². The molecule has 4 heterocycles. The first-order valence-corrected chi connectivity index (χ1v) is 8.23. The lowest BCUT2D eigenvalue weighted by atomic mass is 9.84. The maximum absolute atomic E-state index is 12.5. The van der Waals surface area contributed by atoms with E-state index >= 15 is 0 Å². The van der Waals surface area contributed by atoms with E-state index in [-0.39, 0.29) is 18.2 Å². The molecule has 4 aliphatic heterocycles. The summed E-state index contributed by atoms with van der Waals surface area (Å²) >= 11 is 0. The van der Waals surface area contributed by atoms with Crippen LogP contribution < -0.4 is 14.8 Å². The summed E-state index contributed by atoms with van der Waals surface area (Å²) in [6.45, 7) is 5.36. The largest absolute Gasteiger partial charge is 0.451 e. The number of hydrogen-bond acceptors (Lipinski definition) is 4. The summed E-state index contributed by atoms with van der Waals surface area (Å²) in [5.41, 5.74) is 0.649. The van der Waals surface area contributed by atoms with Crippen LogP contribution in [0.5, 0.6) is 11.5 Å². The number of ether oxygens (including phenoxy) is 2. The number of rotatable bonds is 3. The molecule has 5 heteroatoms. The minimum atomic E-state index is -0.227. The Kier molecular flexibility index (Phi) is 3.45. The summed E-state index contributed by atoms with van der Waals surface area (Å²) in [6, 6.07) is 5.72. The molecule has 1 amide bonds. The van der Waals surface area contributed by atoms with Gasteiger partial charge >= 0.3 is 0 Å². The first-order valence-electron chi connectivity index (χ1n) is 8.23. The number of carbonyl (C=O) groups excluding carboxylic acids is 1. The van der Waals surface area contributed by atoms with Crippen molar-refractivity contribution in [3.8, 4) is 11.5 Å². The van der Waals surface area contributed by atoms with Crippen LogP contribution in [0.15, 0.2) is 18.2 Å². The summed E-state index contributed by atoms with van der Waals surface area (Å²) in [6.07, 6.45) is 2.96. The lowest BCUT2D eigenvalue weighted by molar-refractivity contribution is 0.0463. The Labute approximate surface area is 130 Å². The molecule has 2 unspecified atom stereocenters. The van der Waals surface area contributed by atoms with Crippen LogP contribution in [0.25, 0.3) is 0 Å². The summed E-state index contributed by atoms with van der Waals surface area (Å²) < 4.78 is 11.3. The van der Waals surface area contributed by atoms with Crippen molar-refractivity contribution in [2.75, 3.05) is 19.6 Å². The van der Waals surface area contributed by atoms with Crippen LogP contribution in [-0.4, -0.2) is 42.8 Å². The third kappa shape index (κ3) is 2.43. The van der Waals surface area contributed by atoms with Crippen LogP contribution >= 0.6 is 0 Å². The molecule has 2 atom stereocenters.